The lowest BCUT2D eigenvalue weighted by atomic mass is 10.1. The molecule has 0 atom stereocenters. The van der Waals surface area contributed by atoms with Crippen molar-refractivity contribution in [1.82, 2.24) is 20.3 Å². The summed E-state index contributed by atoms with van der Waals surface area (Å²) in [7, 11) is 1.36. The first-order chi connectivity index (χ1) is 14.2. The Bertz CT molecular complexity index is 1120. The number of nitrogens with one attached hydrogen (secondary N) is 2. The molecule has 3 amide bonds. The Balaban J connectivity index is 2.15. The van der Waals surface area contributed by atoms with Gasteiger partial charge in [0.05, 0.1) is 34.5 Å². The number of rotatable bonds is 6. The van der Waals surface area contributed by atoms with Gasteiger partial charge in [0, 0.05) is 25.2 Å². The lowest BCUT2D eigenvalue weighted by Gasteiger charge is -2.21. The van der Waals surface area contributed by atoms with Crippen LogP contribution in [-0.4, -0.2) is 47.5 Å². The van der Waals surface area contributed by atoms with E-state index in [-0.39, 0.29) is 39.0 Å². The van der Waals surface area contributed by atoms with E-state index in [4.69, 9.17) is 22.1 Å². The minimum Gasteiger partial charge on any atom is -0.496 e. The Kier molecular flexibility index (Phi) is 5.81. The van der Waals surface area contributed by atoms with Crippen LogP contribution in [0.4, 0.5) is 5.82 Å². The molecular weight excluding hydrogens is 414 g/mol. The number of methoxy groups -OCH3 is 1. The number of nitrogen functional groups attached to an aromatic ring is 1. The number of carbonyl (C=O) groups is 3. The molecule has 0 unspecified atom stereocenters. The zero-order valence-corrected chi connectivity index (χ0v) is 17.3. The van der Waals surface area contributed by atoms with Gasteiger partial charge in [0.2, 0.25) is 0 Å². The molecule has 2 heterocycles. The second kappa shape index (κ2) is 8.17. The van der Waals surface area contributed by atoms with Crippen molar-refractivity contribution in [3.63, 3.8) is 0 Å². The highest BCUT2D eigenvalue weighted by molar-refractivity contribution is 6.33. The first-order valence-electron chi connectivity index (χ1n) is 9.08. The third-order valence-electron chi connectivity index (χ3n) is 4.73. The normalized spacial score (nSPS) is 12.7. The summed E-state index contributed by atoms with van der Waals surface area (Å²) in [4.78, 5) is 49.2. The zero-order valence-electron chi connectivity index (χ0n) is 16.5. The topological polar surface area (TPSA) is 136 Å². The highest BCUT2D eigenvalue weighted by Gasteiger charge is 2.32. The van der Waals surface area contributed by atoms with Gasteiger partial charge in [-0.3, -0.25) is 34.5 Å². The molecule has 10 nitrogen and oxygen atoms in total. The van der Waals surface area contributed by atoms with Crippen molar-refractivity contribution in [1.29, 1.82) is 0 Å². The van der Waals surface area contributed by atoms with Gasteiger partial charge in [0.15, 0.2) is 0 Å². The molecule has 30 heavy (non-hydrogen) atoms. The molecule has 0 radical (unpaired) electrons. The first-order valence-corrected chi connectivity index (χ1v) is 9.46. The van der Waals surface area contributed by atoms with Crippen LogP contribution in [0, 0.1) is 0 Å². The Morgan fingerprint density at radius 1 is 1.20 bits per heavy atom. The summed E-state index contributed by atoms with van der Waals surface area (Å²) in [5.74, 6) is -1.95. The van der Waals surface area contributed by atoms with E-state index >= 15 is 0 Å². The molecule has 11 heteroatoms. The molecule has 2 aromatic rings. The van der Waals surface area contributed by atoms with Crippen molar-refractivity contribution in [2.75, 3.05) is 25.9 Å². The second-order valence-corrected chi connectivity index (χ2v) is 6.80. The van der Waals surface area contributed by atoms with E-state index < -0.39 is 23.3 Å². The molecule has 0 bridgehead atoms. The molecule has 0 aliphatic carbocycles. The van der Waals surface area contributed by atoms with E-state index in [1.54, 1.807) is 5.01 Å². The summed E-state index contributed by atoms with van der Waals surface area (Å²) in [6, 6.07) is 3.73. The Labute approximate surface area is 176 Å². The van der Waals surface area contributed by atoms with Crippen LogP contribution < -0.4 is 26.8 Å². The molecule has 3 rings (SSSR count). The van der Waals surface area contributed by atoms with Crippen LogP contribution in [0.15, 0.2) is 23.0 Å². The fraction of sp³-hybridized carbons (Fsp3) is 0.263. The lowest BCUT2D eigenvalue weighted by Crippen LogP contribution is -2.42. The molecule has 0 saturated heterocycles. The summed E-state index contributed by atoms with van der Waals surface area (Å²) in [6.07, 6.45) is 0. The summed E-state index contributed by atoms with van der Waals surface area (Å²) in [5.41, 5.74) is 8.15. The van der Waals surface area contributed by atoms with Gasteiger partial charge < -0.3 is 10.5 Å². The Hall–Kier alpha value is -3.37. The predicted octanol–water partition coefficient (Wildman–Crippen LogP) is 0.952. The smallest absolute Gasteiger partial charge is 0.269 e. The number of benzene rings is 1. The number of nitrogens with two attached hydrogens (primary N) is 1. The van der Waals surface area contributed by atoms with Crippen molar-refractivity contribution in [3.05, 3.63) is 50.3 Å². The fourth-order valence-electron chi connectivity index (χ4n) is 3.17. The first kappa shape index (κ1) is 21.3. The average Bonchev–Trinajstić information content (AvgIpc) is 2.99. The molecule has 0 fully saturated rings. The van der Waals surface area contributed by atoms with Crippen molar-refractivity contribution >= 4 is 35.1 Å². The van der Waals surface area contributed by atoms with Gasteiger partial charge in [0.1, 0.15) is 11.6 Å². The van der Waals surface area contributed by atoms with E-state index in [2.05, 4.69) is 10.7 Å². The summed E-state index contributed by atoms with van der Waals surface area (Å²) < 4.78 is 6.31. The second-order valence-electron chi connectivity index (χ2n) is 6.39. The number of pyridine rings is 1. The number of ether oxygens (including phenoxy) is 1. The van der Waals surface area contributed by atoms with Crippen LogP contribution in [0.3, 0.4) is 0 Å². The predicted molar refractivity (Wildman–Crippen MR) is 110 cm³/mol. The highest BCUT2D eigenvalue weighted by Crippen LogP contribution is 2.32. The summed E-state index contributed by atoms with van der Waals surface area (Å²) in [6.45, 7) is 4.97. The van der Waals surface area contributed by atoms with Gasteiger partial charge in [-0.15, -0.1) is 0 Å². The summed E-state index contributed by atoms with van der Waals surface area (Å²) in [5, 5.41) is 3.82. The average molecular weight is 434 g/mol. The molecule has 4 N–H and O–H groups in total. The Morgan fingerprint density at radius 2 is 1.87 bits per heavy atom. The third kappa shape index (κ3) is 3.51. The number of halogens is 1. The SMILES string of the molecule is CCN(CC)NC(=O)c1cc(Cl)c(-n2c(N)c3c(cc2=O)C(=O)NC3=O)cc1OC. The minimum atomic E-state index is -0.709. The number of aromatic nitrogens is 1. The van der Waals surface area contributed by atoms with Crippen LogP contribution in [0.25, 0.3) is 5.69 Å². The number of imide groups is 1. The maximum atomic E-state index is 12.7. The molecular formula is C19H20ClN5O5. The Morgan fingerprint density at radius 3 is 2.47 bits per heavy atom. The van der Waals surface area contributed by atoms with Crippen molar-refractivity contribution < 1.29 is 19.1 Å². The number of fused-ring (bicyclic) bond motifs is 1. The molecule has 0 saturated carbocycles. The number of amides is 3. The van der Waals surface area contributed by atoms with Gasteiger partial charge in [-0.05, 0) is 6.07 Å². The van der Waals surface area contributed by atoms with Gasteiger partial charge in [-0.25, -0.2) is 5.01 Å². The number of nitrogens with zero attached hydrogens (tertiary/aromatic N) is 2. The van der Waals surface area contributed by atoms with Crippen LogP contribution in [0.1, 0.15) is 44.9 Å². The monoisotopic (exact) mass is 433 g/mol. The lowest BCUT2D eigenvalue weighted by molar-refractivity contribution is 0.0801. The largest absolute Gasteiger partial charge is 0.496 e. The van der Waals surface area contributed by atoms with Gasteiger partial charge in [0.25, 0.3) is 23.3 Å². The van der Waals surface area contributed by atoms with Crippen molar-refractivity contribution in [2.45, 2.75) is 13.8 Å². The van der Waals surface area contributed by atoms with E-state index in [1.165, 1.54) is 19.2 Å². The quantitative estimate of drug-likeness (QED) is 0.455. The molecule has 1 aliphatic heterocycles. The third-order valence-corrected chi connectivity index (χ3v) is 5.03. The molecule has 1 aromatic heterocycles. The van der Waals surface area contributed by atoms with Gasteiger partial charge in [-0.2, -0.15) is 0 Å². The molecule has 0 spiro atoms. The van der Waals surface area contributed by atoms with E-state index in [1.807, 2.05) is 13.8 Å². The maximum absolute atomic E-state index is 12.7. The number of carbonyl (C=O) groups excluding carboxylic acids is 3. The van der Waals surface area contributed by atoms with E-state index in [0.29, 0.717) is 13.1 Å². The standard InChI is InChI=1S/C19H20ClN5O5/c1-4-24(5-2)23-18(28)9-6-11(20)12(8-13(9)30-3)25-14(26)7-10-15(16(25)21)19(29)22-17(10)27/h6-8H,4-5,21H2,1-3H3,(H,23,28)(H,22,27,29). The van der Waals surface area contributed by atoms with Gasteiger partial charge >= 0.3 is 0 Å². The molecule has 158 valence electrons. The number of anilines is 1. The number of hydrogen-bond donors (Lipinski definition) is 3. The van der Waals surface area contributed by atoms with Gasteiger partial charge in [-0.1, -0.05) is 25.4 Å². The minimum absolute atomic E-state index is 0.0268. The fourth-order valence-corrected chi connectivity index (χ4v) is 3.42. The molecule has 1 aromatic carbocycles. The number of hydrazine groups is 1. The number of hydrogen-bond acceptors (Lipinski definition) is 7. The van der Waals surface area contributed by atoms with Crippen LogP contribution in [-0.2, 0) is 0 Å². The van der Waals surface area contributed by atoms with Crippen LogP contribution in [0.2, 0.25) is 5.02 Å². The van der Waals surface area contributed by atoms with E-state index in [9.17, 15) is 19.2 Å². The summed E-state index contributed by atoms with van der Waals surface area (Å²) >= 11 is 6.37. The highest BCUT2D eigenvalue weighted by atomic mass is 35.5. The van der Waals surface area contributed by atoms with Crippen molar-refractivity contribution in [3.8, 4) is 11.4 Å². The zero-order chi connectivity index (χ0) is 22.2. The van der Waals surface area contributed by atoms with Crippen molar-refractivity contribution in [2.24, 2.45) is 0 Å². The van der Waals surface area contributed by atoms with Crippen LogP contribution >= 0.6 is 11.6 Å². The maximum Gasteiger partial charge on any atom is 0.269 e. The van der Waals surface area contributed by atoms with E-state index in [0.717, 1.165) is 10.6 Å². The molecule has 1 aliphatic rings. The van der Waals surface area contributed by atoms with Crippen LogP contribution in [0.5, 0.6) is 5.75 Å².